The molecule has 146 valence electrons. The molecule has 7 nitrogen and oxygen atoms in total. The molecule has 0 saturated carbocycles. The second-order valence-electron chi connectivity index (χ2n) is 6.09. The van der Waals surface area contributed by atoms with Crippen LogP contribution in [0.2, 0.25) is 0 Å². The molecule has 0 aliphatic carbocycles. The van der Waals surface area contributed by atoms with Gasteiger partial charge in [0, 0.05) is 11.8 Å². The molecule has 1 amide bonds. The Bertz CT molecular complexity index is 946. The SMILES string of the molecule is CC(C)[C@@H](NS(=O)(=O)c1cccs1)C(=O)Nc1ccc2c(c1)OC(F)(F)O2. The first-order valence-corrected chi connectivity index (χ1v) is 10.2. The van der Waals surface area contributed by atoms with Crippen molar-refractivity contribution in [2.75, 3.05) is 5.32 Å². The van der Waals surface area contributed by atoms with Crippen molar-refractivity contribution in [1.82, 2.24) is 4.72 Å². The second-order valence-corrected chi connectivity index (χ2v) is 8.98. The summed E-state index contributed by atoms with van der Waals surface area (Å²) in [5.41, 5.74) is 0.168. The Morgan fingerprint density at radius 3 is 2.52 bits per heavy atom. The molecule has 0 saturated heterocycles. The van der Waals surface area contributed by atoms with Crippen molar-refractivity contribution in [1.29, 1.82) is 0 Å². The first-order chi connectivity index (χ1) is 12.6. The highest BCUT2D eigenvalue weighted by molar-refractivity contribution is 7.91. The molecule has 3 rings (SSSR count). The summed E-state index contributed by atoms with van der Waals surface area (Å²) in [4.78, 5) is 12.6. The van der Waals surface area contributed by atoms with Crippen molar-refractivity contribution in [3.05, 3.63) is 35.7 Å². The van der Waals surface area contributed by atoms with E-state index in [0.717, 1.165) is 11.3 Å². The van der Waals surface area contributed by atoms with Gasteiger partial charge in [-0.25, -0.2) is 8.42 Å². The molecule has 0 bridgehead atoms. The van der Waals surface area contributed by atoms with Crippen LogP contribution in [0.25, 0.3) is 0 Å². The molecule has 27 heavy (non-hydrogen) atoms. The van der Waals surface area contributed by atoms with Crippen LogP contribution in [0, 0.1) is 5.92 Å². The molecule has 1 atom stereocenters. The van der Waals surface area contributed by atoms with Crippen LogP contribution < -0.4 is 19.5 Å². The minimum atomic E-state index is -3.86. The molecule has 2 aromatic rings. The van der Waals surface area contributed by atoms with Crippen LogP contribution in [-0.2, 0) is 14.8 Å². The molecule has 1 aromatic heterocycles. The Morgan fingerprint density at radius 1 is 1.19 bits per heavy atom. The van der Waals surface area contributed by atoms with Crippen LogP contribution in [-0.4, -0.2) is 26.7 Å². The standard InChI is InChI=1S/C16H16F2N2O5S2/c1-9(2)14(20-27(22,23)13-4-3-7-26-13)15(21)19-10-5-6-11-12(8-10)25-16(17,18)24-11/h3-9,14,20H,1-2H3,(H,19,21)/t14-/m1/s1. The Morgan fingerprint density at radius 2 is 1.89 bits per heavy atom. The van der Waals surface area contributed by atoms with Gasteiger partial charge in [-0.15, -0.1) is 20.1 Å². The number of carbonyl (C=O) groups is 1. The van der Waals surface area contributed by atoms with Gasteiger partial charge in [0.2, 0.25) is 5.91 Å². The molecule has 0 unspecified atom stereocenters. The van der Waals surface area contributed by atoms with Gasteiger partial charge in [0.1, 0.15) is 10.3 Å². The lowest BCUT2D eigenvalue weighted by Crippen LogP contribution is -2.46. The quantitative estimate of drug-likeness (QED) is 0.752. The number of rotatable bonds is 6. The van der Waals surface area contributed by atoms with E-state index in [2.05, 4.69) is 19.5 Å². The number of benzene rings is 1. The van der Waals surface area contributed by atoms with Gasteiger partial charge in [-0.05, 0) is 29.5 Å². The number of hydrogen-bond acceptors (Lipinski definition) is 6. The number of thiophene rings is 1. The largest absolute Gasteiger partial charge is 0.586 e. The van der Waals surface area contributed by atoms with Gasteiger partial charge < -0.3 is 14.8 Å². The maximum atomic E-state index is 13.1. The van der Waals surface area contributed by atoms with E-state index in [9.17, 15) is 22.0 Å². The lowest BCUT2D eigenvalue weighted by Gasteiger charge is -2.21. The topological polar surface area (TPSA) is 93.7 Å². The maximum absolute atomic E-state index is 13.1. The van der Waals surface area contributed by atoms with Crippen molar-refractivity contribution in [3.8, 4) is 11.5 Å². The summed E-state index contributed by atoms with van der Waals surface area (Å²) in [5.74, 6) is -1.37. The summed E-state index contributed by atoms with van der Waals surface area (Å²) in [6.07, 6.45) is -3.76. The van der Waals surface area contributed by atoms with Crippen LogP contribution in [0.5, 0.6) is 11.5 Å². The van der Waals surface area contributed by atoms with E-state index in [0.29, 0.717) is 0 Å². The molecule has 0 spiro atoms. The predicted molar refractivity (Wildman–Crippen MR) is 94.5 cm³/mol. The van der Waals surface area contributed by atoms with Crippen LogP contribution in [0.15, 0.2) is 39.9 Å². The van der Waals surface area contributed by atoms with Crippen molar-refractivity contribution in [3.63, 3.8) is 0 Å². The van der Waals surface area contributed by atoms with Crippen LogP contribution in [0.1, 0.15) is 13.8 Å². The van der Waals surface area contributed by atoms with Gasteiger partial charge in [0.25, 0.3) is 10.0 Å². The van der Waals surface area contributed by atoms with E-state index in [1.807, 2.05) is 0 Å². The lowest BCUT2D eigenvalue weighted by molar-refractivity contribution is -0.286. The molecule has 2 N–H and O–H groups in total. The third-order valence-electron chi connectivity index (χ3n) is 3.66. The van der Waals surface area contributed by atoms with E-state index in [-0.39, 0.29) is 27.3 Å². The third kappa shape index (κ3) is 4.37. The number of sulfonamides is 1. The molecule has 1 aromatic carbocycles. The zero-order chi connectivity index (χ0) is 19.8. The van der Waals surface area contributed by atoms with E-state index in [1.165, 1.54) is 24.3 Å². The van der Waals surface area contributed by atoms with E-state index in [4.69, 9.17) is 0 Å². The van der Waals surface area contributed by atoms with E-state index in [1.54, 1.807) is 25.3 Å². The zero-order valence-electron chi connectivity index (χ0n) is 14.2. The molecule has 11 heteroatoms. The number of amides is 1. The number of nitrogens with one attached hydrogen (secondary N) is 2. The van der Waals surface area contributed by atoms with Crippen LogP contribution in [0.4, 0.5) is 14.5 Å². The average Bonchev–Trinajstić information content (AvgIpc) is 3.18. The molecule has 0 radical (unpaired) electrons. The zero-order valence-corrected chi connectivity index (χ0v) is 15.9. The second kappa shape index (κ2) is 7.06. The highest BCUT2D eigenvalue weighted by Crippen LogP contribution is 2.42. The number of hydrogen-bond donors (Lipinski definition) is 2. The monoisotopic (exact) mass is 418 g/mol. The Kier molecular flexibility index (Phi) is 5.10. The third-order valence-corrected chi connectivity index (χ3v) is 6.50. The number of carbonyl (C=O) groups excluding carboxylic acids is 1. The molecular formula is C16H16F2N2O5S2. The Balaban J connectivity index is 1.75. The number of ether oxygens (including phenoxy) is 2. The average molecular weight is 418 g/mol. The summed E-state index contributed by atoms with van der Waals surface area (Å²) in [5, 5.41) is 4.12. The number of alkyl halides is 2. The fourth-order valence-corrected chi connectivity index (χ4v) is 4.73. The van der Waals surface area contributed by atoms with Gasteiger partial charge in [-0.3, -0.25) is 4.79 Å². The smallest absolute Gasteiger partial charge is 0.395 e. The maximum Gasteiger partial charge on any atom is 0.586 e. The molecule has 2 heterocycles. The van der Waals surface area contributed by atoms with E-state index >= 15 is 0 Å². The van der Waals surface area contributed by atoms with E-state index < -0.39 is 28.3 Å². The fourth-order valence-electron chi connectivity index (χ4n) is 2.38. The Hall–Kier alpha value is -2.24. The summed E-state index contributed by atoms with van der Waals surface area (Å²) in [6.45, 7) is 3.36. The van der Waals surface area contributed by atoms with Gasteiger partial charge in [-0.1, -0.05) is 19.9 Å². The van der Waals surface area contributed by atoms with Crippen molar-refractivity contribution in [2.45, 2.75) is 30.4 Å². The predicted octanol–water partition coefficient (Wildman–Crippen LogP) is 3.01. The van der Waals surface area contributed by atoms with Gasteiger partial charge in [0.05, 0.1) is 0 Å². The lowest BCUT2D eigenvalue weighted by atomic mass is 10.0. The first-order valence-electron chi connectivity index (χ1n) is 7.84. The molecule has 1 aliphatic rings. The van der Waals surface area contributed by atoms with Crippen molar-refractivity contribution < 1.29 is 31.5 Å². The molecular weight excluding hydrogens is 402 g/mol. The molecule has 1 aliphatic heterocycles. The van der Waals surface area contributed by atoms with Gasteiger partial charge in [0.15, 0.2) is 11.5 Å². The van der Waals surface area contributed by atoms with Gasteiger partial charge in [-0.2, -0.15) is 4.72 Å². The normalized spacial score (nSPS) is 16.3. The minimum Gasteiger partial charge on any atom is -0.395 e. The highest BCUT2D eigenvalue weighted by atomic mass is 32.2. The minimum absolute atomic E-state index is 0.0891. The first kappa shape index (κ1) is 19.5. The highest BCUT2D eigenvalue weighted by Gasteiger charge is 2.43. The summed E-state index contributed by atoms with van der Waals surface area (Å²) in [6, 6.07) is 5.72. The fraction of sp³-hybridized carbons (Fsp3) is 0.312. The number of fused-ring (bicyclic) bond motifs is 1. The van der Waals surface area contributed by atoms with Gasteiger partial charge >= 0.3 is 6.29 Å². The van der Waals surface area contributed by atoms with Crippen molar-refractivity contribution in [2.24, 2.45) is 5.92 Å². The summed E-state index contributed by atoms with van der Waals surface area (Å²) >= 11 is 1.03. The Labute approximate surface area is 158 Å². The van der Waals surface area contributed by atoms with Crippen LogP contribution >= 0.6 is 11.3 Å². The molecule has 0 fully saturated rings. The van der Waals surface area contributed by atoms with Crippen molar-refractivity contribution >= 4 is 33.0 Å². The summed E-state index contributed by atoms with van der Waals surface area (Å²) < 4.78 is 62.0. The summed E-state index contributed by atoms with van der Waals surface area (Å²) in [7, 11) is -3.86. The van der Waals surface area contributed by atoms with Crippen LogP contribution in [0.3, 0.4) is 0 Å². The number of anilines is 1. The number of halogens is 2.